The van der Waals surface area contributed by atoms with Crippen LogP contribution >= 0.6 is 22.9 Å². The van der Waals surface area contributed by atoms with E-state index in [1.807, 2.05) is 6.92 Å². The highest BCUT2D eigenvalue weighted by atomic mass is 35.5. The van der Waals surface area contributed by atoms with Crippen LogP contribution in [-0.4, -0.2) is 16.5 Å². The van der Waals surface area contributed by atoms with Crippen LogP contribution in [0.15, 0.2) is 17.5 Å². The van der Waals surface area contributed by atoms with Gasteiger partial charge in [0.25, 0.3) is 0 Å². The molecule has 0 aliphatic carbocycles. The molecule has 8 heteroatoms. The SMILES string of the molecule is CCCNc1nc(-c2sccc2Cl)cc(C(F)(F)F)n1. The van der Waals surface area contributed by atoms with Crippen molar-refractivity contribution in [2.24, 2.45) is 0 Å². The molecule has 0 aromatic carbocycles. The number of halogens is 4. The van der Waals surface area contributed by atoms with Crippen molar-refractivity contribution in [1.29, 1.82) is 0 Å². The van der Waals surface area contributed by atoms with Crippen LogP contribution in [0.2, 0.25) is 5.02 Å². The summed E-state index contributed by atoms with van der Waals surface area (Å²) in [6.45, 7) is 2.40. The van der Waals surface area contributed by atoms with Crippen molar-refractivity contribution in [3.05, 3.63) is 28.2 Å². The van der Waals surface area contributed by atoms with E-state index in [0.29, 0.717) is 16.4 Å². The lowest BCUT2D eigenvalue weighted by atomic mass is 10.2. The molecule has 0 aliphatic rings. The highest BCUT2D eigenvalue weighted by molar-refractivity contribution is 7.14. The number of rotatable bonds is 4. The van der Waals surface area contributed by atoms with Crippen LogP contribution < -0.4 is 5.32 Å². The lowest BCUT2D eigenvalue weighted by Gasteiger charge is -2.11. The lowest BCUT2D eigenvalue weighted by Crippen LogP contribution is -2.13. The fraction of sp³-hybridized carbons (Fsp3) is 0.333. The van der Waals surface area contributed by atoms with Crippen molar-refractivity contribution in [1.82, 2.24) is 9.97 Å². The molecule has 0 radical (unpaired) electrons. The monoisotopic (exact) mass is 321 g/mol. The molecule has 0 unspecified atom stereocenters. The van der Waals surface area contributed by atoms with Crippen LogP contribution in [0, 0.1) is 0 Å². The molecule has 2 aromatic heterocycles. The largest absolute Gasteiger partial charge is 0.433 e. The zero-order chi connectivity index (χ0) is 14.8. The van der Waals surface area contributed by atoms with Crippen molar-refractivity contribution in [3.63, 3.8) is 0 Å². The Morgan fingerprint density at radius 3 is 2.65 bits per heavy atom. The lowest BCUT2D eigenvalue weighted by molar-refractivity contribution is -0.141. The van der Waals surface area contributed by atoms with E-state index in [0.717, 1.165) is 12.5 Å². The van der Waals surface area contributed by atoms with E-state index in [4.69, 9.17) is 11.6 Å². The molecule has 0 aliphatic heterocycles. The summed E-state index contributed by atoms with van der Waals surface area (Å²) >= 11 is 7.18. The third-order valence-electron chi connectivity index (χ3n) is 2.40. The Labute approximate surface area is 122 Å². The standard InChI is InChI=1S/C12H11ClF3N3S/c1-2-4-17-11-18-8(10-7(13)3-5-20-10)6-9(19-11)12(14,15)16/h3,5-6H,2,4H2,1H3,(H,17,18,19). The fourth-order valence-corrected chi connectivity index (χ4v) is 2.62. The predicted octanol–water partition coefficient (Wildman–Crippen LogP) is 4.70. The Morgan fingerprint density at radius 1 is 1.35 bits per heavy atom. The van der Waals surface area contributed by atoms with Crippen molar-refractivity contribution < 1.29 is 13.2 Å². The maximum Gasteiger partial charge on any atom is 0.433 e. The summed E-state index contributed by atoms with van der Waals surface area (Å²) in [5, 5.41) is 4.85. The summed E-state index contributed by atoms with van der Waals surface area (Å²) in [5.41, 5.74) is -0.809. The zero-order valence-electron chi connectivity index (χ0n) is 10.5. The minimum atomic E-state index is -4.52. The van der Waals surface area contributed by atoms with Gasteiger partial charge in [0.15, 0.2) is 5.69 Å². The summed E-state index contributed by atoms with van der Waals surface area (Å²) < 4.78 is 38.6. The zero-order valence-corrected chi connectivity index (χ0v) is 12.0. The highest BCUT2D eigenvalue weighted by Gasteiger charge is 2.34. The average Bonchev–Trinajstić information content (AvgIpc) is 2.81. The molecular formula is C12H11ClF3N3S. The molecule has 2 aromatic rings. The Bertz CT molecular complexity index is 598. The van der Waals surface area contributed by atoms with Crippen LogP contribution in [0.5, 0.6) is 0 Å². The minimum Gasteiger partial charge on any atom is -0.354 e. The fourth-order valence-electron chi connectivity index (χ4n) is 1.50. The summed E-state index contributed by atoms with van der Waals surface area (Å²) in [4.78, 5) is 8.09. The van der Waals surface area contributed by atoms with Crippen LogP contribution in [0.1, 0.15) is 19.0 Å². The van der Waals surface area contributed by atoms with Crippen molar-refractivity contribution in [2.75, 3.05) is 11.9 Å². The third kappa shape index (κ3) is 3.40. The van der Waals surface area contributed by atoms with Gasteiger partial charge in [0.1, 0.15) is 0 Å². The first-order valence-corrected chi connectivity index (χ1v) is 7.11. The second-order valence-electron chi connectivity index (χ2n) is 3.98. The molecule has 0 saturated carbocycles. The molecular weight excluding hydrogens is 311 g/mol. The number of anilines is 1. The topological polar surface area (TPSA) is 37.8 Å². The minimum absolute atomic E-state index is 0.0406. The van der Waals surface area contributed by atoms with Crippen LogP contribution in [-0.2, 0) is 6.18 Å². The first-order chi connectivity index (χ1) is 9.41. The van der Waals surface area contributed by atoms with Gasteiger partial charge in [-0.25, -0.2) is 9.97 Å². The molecule has 108 valence electrons. The number of alkyl halides is 3. The van der Waals surface area contributed by atoms with Gasteiger partial charge in [-0.3, -0.25) is 0 Å². The predicted molar refractivity (Wildman–Crippen MR) is 74.1 cm³/mol. The summed E-state index contributed by atoms with van der Waals surface area (Å²) in [6.07, 6.45) is -3.77. The number of nitrogens with zero attached hydrogens (tertiary/aromatic N) is 2. The summed E-state index contributed by atoms with van der Waals surface area (Å²) in [5.74, 6) is -0.0406. The molecule has 20 heavy (non-hydrogen) atoms. The molecule has 1 N–H and O–H groups in total. The number of thiophene rings is 1. The first-order valence-electron chi connectivity index (χ1n) is 5.85. The number of hydrogen-bond donors (Lipinski definition) is 1. The Kier molecular flexibility index (Phi) is 4.49. The molecule has 2 heterocycles. The Balaban J connectivity index is 2.48. The van der Waals surface area contributed by atoms with Crippen LogP contribution in [0.3, 0.4) is 0 Å². The van der Waals surface area contributed by atoms with E-state index in [9.17, 15) is 13.2 Å². The van der Waals surface area contributed by atoms with Gasteiger partial charge in [0, 0.05) is 6.54 Å². The summed E-state index contributed by atoms with van der Waals surface area (Å²) in [7, 11) is 0. The van der Waals surface area contributed by atoms with Crippen LogP contribution in [0.25, 0.3) is 10.6 Å². The Hall–Kier alpha value is -1.34. The quantitative estimate of drug-likeness (QED) is 0.887. The van der Waals surface area contributed by atoms with E-state index in [1.54, 1.807) is 11.4 Å². The molecule has 0 atom stereocenters. The van der Waals surface area contributed by atoms with Gasteiger partial charge >= 0.3 is 6.18 Å². The van der Waals surface area contributed by atoms with Gasteiger partial charge in [-0.15, -0.1) is 11.3 Å². The smallest absolute Gasteiger partial charge is 0.354 e. The van der Waals surface area contributed by atoms with Gasteiger partial charge in [0.05, 0.1) is 15.6 Å². The molecule has 0 bridgehead atoms. The maximum atomic E-state index is 12.9. The molecule has 0 saturated heterocycles. The highest BCUT2D eigenvalue weighted by Crippen LogP contribution is 2.36. The number of hydrogen-bond acceptors (Lipinski definition) is 4. The molecule has 0 amide bonds. The first kappa shape index (κ1) is 15.1. The van der Waals surface area contributed by atoms with E-state index in [2.05, 4.69) is 15.3 Å². The van der Waals surface area contributed by atoms with Gasteiger partial charge in [-0.2, -0.15) is 13.2 Å². The molecule has 2 rings (SSSR count). The van der Waals surface area contributed by atoms with Crippen molar-refractivity contribution in [2.45, 2.75) is 19.5 Å². The molecule has 3 nitrogen and oxygen atoms in total. The van der Waals surface area contributed by atoms with Gasteiger partial charge < -0.3 is 5.32 Å². The van der Waals surface area contributed by atoms with Crippen molar-refractivity contribution >= 4 is 28.9 Å². The van der Waals surface area contributed by atoms with E-state index in [1.165, 1.54) is 11.3 Å². The maximum absolute atomic E-state index is 12.9. The Morgan fingerprint density at radius 2 is 2.10 bits per heavy atom. The van der Waals surface area contributed by atoms with E-state index < -0.39 is 11.9 Å². The van der Waals surface area contributed by atoms with E-state index in [-0.39, 0.29) is 11.6 Å². The van der Waals surface area contributed by atoms with Crippen LogP contribution in [0.4, 0.5) is 19.1 Å². The van der Waals surface area contributed by atoms with Crippen molar-refractivity contribution in [3.8, 4) is 10.6 Å². The average molecular weight is 322 g/mol. The van der Waals surface area contributed by atoms with Gasteiger partial charge in [-0.05, 0) is 23.9 Å². The second-order valence-corrected chi connectivity index (χ2v) is 5.31. The second kappa shape index (κ2) is 5.97. The van der Waals surface area contributed by atoms with Gasteiger partial charge in [-0.1, -0.05) is 18.5 Å². The van der Waals surface area contributed by atoms with Gasteiger partial charge in [0.2, 0.25) is 5.95 Å². The number of aromatic nitrogens is 2. The summed E-state index contributed by atoms with van der Waals surface area (Å²) in [6, 6.07) is 2.53. The van der Waals surface area contributed by atoms with E-state index >= 15 is 0 Å². The molecule has 0 fully saturated rings. The third-order valence-corrected chi connectivity index (χ3v) is 3.76. The normalized spacial score (nSPS) is 11.7. The number of nitrogens with one attached hydrogen (secondary N) is 1. The molecule has 0 spiro atoms.